The first-order chi connectivity index (χ1) is 7.56. The molecule has 17 heavy (non-hydrogen) atoms. The molecule has 0 amide bonds. The van der Waals surface area contributed by atoms with Gasteiger partial charge < -0.3 is 14.3 Å². The first kappa shape index (κ1) is 13.8. The van der Waals surface area contributed by atoms with Crippen molar-refractivity contribution in [1.29, 1.82) is 0 Å². The molecule has 1 aromatic carbocycles. The van der Waals surface area contributed by atoms with Gasteiger partial charge in [0.25, 0.3) is 0 Å². The number of fused-ring (bicyclic) bond motifs is 1. The van der Waals surface area contributed by atoms with Crippen molar-refractivity contribution in [2.45, 2.75) is 6.92 Å². The van der Waals surface area contributed by atoms with E-state index in [4.69, 9.17) is 9.15 Å². The Morgan fingerprint density at radius 3 is 2.71 bits per heavy atom. The summed E-state index contributed by atoms with van der Waals surface area (Å²) in [5, 5.41) is 10.1. The fraction of sp³-hybridized carbons (Fsp3) is 0.0909. The minimum atomic E-state index is -0.562. The number of carbonyl (C=O) groups is 1. The number of benzene rings is 1. The van der Waals surface area contributed by atoms with Gasteiger partial charge in [0.1, 0.15) is 5.58 Å². The summed E-state index contributed by atoms with van der Waals surface area (Å²) < 4.78 is 9.62. The minimum absolute atomic E-state index is 0. The van der Waals surface area contributed by atoms with Crippen LogP contribution < -0.4 is 10.4 Å². The number of phenolic OH excluding ortho intramolecular Hbond substituents is 1. The summed E-state index contributed by atoms with van der Waals surface area (Å²) in [5.41, 5.74) is -0.256. The van der Waals surface area contributed by atoms with Gasteiger partial charge in [-0.1, -0.05) is 0 Å². The Morgan fingerprint density at radius 2 is 2.06 bits per heavy atom. The van der Waals surface area contributed by atoms with Crippen molar-refractivity contribution in [3.05, 3.63) is 34.7 Å². The average Bonchev–Trinajstić information content (AvgIpc) is 2.19. The van der Waals surface area contributed by atoms with Crippen LogP contribution >= 0.6 is 0 Å². The molecule has 0 radical (unpaired) electrons. The first-order valence-corrected chi connectivity index (χ1v) is 4.51. The van der Waals surface area contributed by atoms with E-state index < -0.39 is 11.6 Å². The third kappa shape index (κ3) is 3.09. The maximum absolute atomic E-state index is 11.0. The number of esters is 1. The summed E-state index contributed by atoms with van der Waals surface area (Å²) in [5.74, 6) is -0.779. The summed E-state index contributed by atoms with van der Waals surface area (Å²) >= 11 is 0. The number of carbonyl (C=O) groups excluding carboxylic acids is 1. The SMILES string of the molecule is CC(=O)Oc1cc2oc(=O)ccc2cc1O.[NaH]. The van der Waals surface area contributed by atoms with E-state index in [0.717, 1.165) is 0 Å². The number of aromatic hydroxyl groups is 1. The molecule has 0 unspecified atom stereocenters. The monoisotopic (exact) mass is 244 g/mol. The number of phenols is 1. The maximum atomic E-state index is 11.0. The molecule has 1 aromatic heterocycles. The summed E-state index contributed by atoms with van der Waals surface area (Å²) in [6.45, 7) is 1.21. The zero-order chi connectivity index (χ0) is 11.7. The quantitative estimate of drug-likeness (QED) is 0.347. The van der Waals surface area contributed by atoms with Gasteiger partial charge in [0, 0.05) is 24.4 Å². The molecular weight excluding hydrogens is 235 g/mol. The predicted molar refractivity (Wildman–Crippen MR) is 62.6 cm³/mol. The van der Waals surface area contributed by atoms with Crippen LogP contribution in [0.2, 0.25) is 0 Å². The Morgan fingerprint density at radius 1 is 1.35 bits per heavy atom. The standard InChI is InChI=1S/C11H8O5.Na.H/c1-6(12)15-10-5-9-7(4-8(10)13)2-3-11(14)16-9;;/h2-5,13H,1H3;;. The number of ether oxygens (including phenoxy) is 1. The van der Waals surface area contributed by atoms with Gasteiger partial charge in [0.15, 0.2) is 11.5 Å². The Hall–Kier alpha value is -1.30. The molecular formula is C11H9NaO5. The van der Waals surface area contributed by atoms with Crippen LogP contribution in [-0.2, 0) is 4.79 Å². The van der Waals surface area contributed by atoms with Gasteiger partial charge in [-0.25, -0.2) is 4.79 Å². The molecule has 2 rings (SSSR count). The van der Waals surface area contributed by atoms with Gasteiger partial charge >= 0.3 is 41.2 Å². The first-order valence-electron chi connectivity index (χ1n) is 4.51. The van der Waals surface area contributed by atoms with Gasteiger partial charge in [0.05, 0.1) is 0 Å². The topological polar surface area (TPSA) is 76.7 Å². The molecule has 2 aromatic rings. The predicted octanol–water partition coefficient (Wildman–Crippen LogP) is 0.775. The van der Waals surface area contributed by atoms with E-state index in [0.29, 0.717) is 5.39 Å². The number of hydrogen-bond donors (Lipinski definition) is 1. The van der Waals surface area contributed by atoms with Gasteiger partial charge in [-0.3, -0.25) is 4.79 Å². The molecule has 0 aliphatic heterocycles. The van der Waals surface area contributed by atoms with Gasteiger partial charge in [-0.05, 0) is 12.1 Å². The molecule has 0 bridgehead atoms. The second-order valence-corrected chi connectivity index (χ2v) is 3.21. The Balaban J connectivity index is 0.00000144. The second-order valence-electron chi connectivity index (χ2n) is 3.21. The Bertz CT molecular complexity index is 617. The Labute approximate surface area is 118 Å². The van der Waals surface area contributed by atoms with Gasteiger partial charge in [-0.15, -0.1) is 0 Å². The van der Waals surface area contributed by atoms with Crippen molar-refractivity contribution in [3.63, 3.8) is 0 Å². The van der Waals surface area contributed by atoms with Crippen molar-refractivity contribution in [2.75, 3.05) is 0 Å². The van der Waals surface area contributed by atoms with E-state index in [1.807, 2.05) is 0 Å². The molecule has 84 valence electrons. The van der Waals surface area contributed by atoms with Gasteiger partial charge in [-0.2, -0.15) is 0 Å². The van der Waals surface area contributed by atoms with Crippen LogP contribution in [0.3, 0.4) is 0 Å². The fourth-order valence-electron chi connectivity index (χ4n) is 1.32. The van der Waals surface area contributed by atoms with Crippen LogP contribution in [0.25, 0.3) is 11.0 Å². The van der Waals surface area contributed by atoms with Gasteiger partial charge in [0.2, 0.25) is 0 Å². The Kier molecular flexibility index (Phi) is 4.34. The molecule has 1 N–H and O–H groups in total. The third-order valence-corrected chi connectivity index (χ3v) is 1.95. The zero-order valence-corrected chi connectivity index (χ0v) is 8.39. The van der Waals surface area contributed by atoms with E-state index >= 15 is 0 Å². The van der Waals surface area contributed by atoms with Crippen LogP contribution in [0.5, 0.6) is 11.5 Å². The summed E-state index contributed by atoms with van der Waals surface area (Å²) in [4.78, 5) is 21.7. The molecule has 0 atom stereocenters. The van der Waals surface area contributed by atoms with Crippen molar-refractivity contribution in [2.24, 2.45) is 0 Å². The third-order valence-electron chi connectivity index (χ3n) is 1.95. The molecule has 1 heterocycles. The molecule has 0 aliphatic carbocycles. The molecule has 6 heteroatoms. The average molecular weight is 244 g/mol. The van der Waals surface area contributed by atoms with Crippen molar-refractivity contribution >= 4 is 46.5 Å². The number of rotatable bonds is 1. The van der Waals surface area contributed by atoms with E-state index in [9.17, 15) is 14.7 Å². The van der Waals surface area contributed by atoms with E-state index in [2.05, 4.69) is 0 Å². The van der Waals surface area contributed by atoms with Crippen molar-refractivity contribution < 1.29 is 19.1 Å². The fourth-order valence-corrected chi connectivity index (χ4v) is 1.32. The molecule has 0 spiro atoms. The molecule has 0 aliphatic rings. The molecule has 5 nitrogen and oxygen atoms in total. The second kappa shape index (κ2) is 5.35. The summed E-state index contributed by atoms with van der Waals surface area (Å²) in [6.07, 6.45) is 0. The summed E-state index contributed by atoms with van der Waals surface area (Å²) in [6, 6.07) is 5.41. The van der Waals surface area contributed by atoms with E-state index in [-0.39, 0.29) is 46.6 Å². The van der Waals surface area contributed by atoms with Crippen LogP contribution in [-0.4, -0.2) is 40.6 Å². The normalized spacial score (nSPS) is 9.71. The van der Waals surface area contributed by atoms with Crippen LogP contribution in [0.4, 0.5) is 0 Å². The van der Waals surface area contributed by atoms with Crippen LogP contribution in [0.15, 0.2) is 33.5 Å². The molecule has 0 saturated carbocycles. The summed E-state index contributed by atoms with van der Waals surface area (Å²) in [7, 11) is 0. The van der Waals surface area contributed by atoms with E-state index in [1.165, 1.54) is 31.2 Å². The molecule has 0 fully saturated rings. The van der Waals surface area contributed by atoms with E-state index in [1.54, 1.807) is 0 Å². The van der Waals surface area contributed by atoms with Crippen molar-refractivity contribution in [3.8, 4) is 11.5 Å². The number of hydrogen-bond acceptors (Lipinski definition) is 5. The van der Waals surface area contributed by atoms with Crippen molar-refractivity contribution in [1.82, 2.24) is 0 Å². The molecule has 0 saturated heterocycles. The van der Waals surface area contributed by atoms with Crippen LogP contribution in [0.1, 0.15) is 6.92 Å². The zero-order valence-electron chi connectivity index (χ0n) is 8.39. The van der Waals surface area contributed by atoms with Crippen LogP contribution in [0, 0.1) is 0 Å².